The Bertz CT molecular complexity index is 989. The second-order valence-electron chi connectivity index (χ2n) is 7.24. The van der Waals surface area contributed by atoms with Gasteiger partial charge in [0, 0.05) is 39.3 Å². The molecule has 1 aromatic carbocycles. The molecule has 2 aromatic rings. The minimum absolute atomic E-state index is 0.0572. The Hall–Kier alpha value is -2.43. The van der Waals surface area contributed by atoms with Crippen molar-refractivity contribution in [3.8, 4) is 0 Å². The van der Waals surface area contributed by atoms with Gasteiger partial charge < -0.3 is 10.1 Å². The van der Waals surface area contributed by atoms with Gasteiger partial charge in [-0.05, 0) is 18.6 Å². The molecule has 0 bridgehead atoms. The van der Waals surface area contributed by atoms with Crippen LogP contribution in [0.4, 0.5) is 4.79 Å². The van der Waals surface area contributed by atoms with E-state index in [1.54, 1.807) is 16.7 Å². The Morgan fingerprint density at radius 1 is 1.13 bits per heavy atom. The fraction of sp³-hybridized carbons (Fsp3) is 0.500. The number of morpholine rings is 1. The monoisotopic (exact) mass is 431 g/mol. The molecular formula is C20H25N5O4S. The van der Waals surface area contributed by atoms with Crippen LogP contribution in [0, 0.1) is 0 Å². The Morgan fingerprint density at radius 2 is 1.93 bits per heavy atom. The van der Waals surface area contributed by atoms with Crippen molar-refractivity contribution in [2.24, 2.45) is 0 Å². The largest absolute Gasteiger partial charge is 0.379 e. The summed E-state index contributed by atoms with van der Waals surface area (Å²) in [4.78, 5) is 45.4. The molecule has 0 unspecified atom stereocenters. The molecule has 2 aliphatic heterocycles. The van der Waals surface area contributed by atoms with Gasteiger partial charge in [-0.3, -0.25) is 24.0 Å². The van der Waals surface area contributed by atoms with Gasteiger partial charge in [0.2, 0.25) is 5.91 Å². The van der Waals surface area contributed by atoms with Gasteiger partial charge >= 0.3 is 6.03 Å². The normalized spacial score (nSPS) is 17.5. The zero-order valence-corrected chi connectivity index (χ0v) is 17.5. The van der Waals surface area contributed by atoms with E-state index in [0.717, 1.165) is 39.3 Å². The number of nitrogens with one attached hydrogen (secondary N) is 1. The van der Waals surface area contributed by atoms with Crippen molar-refractivity contribution in [3.63, 3.8) is 0 Å². The van der Waals surface area contributed by atoms with Crippen LogP contribution in [-0.2, 0) is 16.1 Å². The Morgan fingerprint density at radius 3 is 2.70 bits per heavy atom. The van der Waals surface area contributed by atoms with Gasteiger partial charge in [-0.25, -0.2) is 9.78 Å². The van der Waals surface area contributed by atoms with Crippen LogP contribution in [0.5, 0.6) is 0 Å². The summed E-state index contributed by atoms with van der Waals surface area (Å²) in [6, 6.07) is 6.87. The fourth-order valence-corrected chi connectivity index (χ4v) is 4.55. The summed E-state index contributed by atoms with van der Waals surface area (Å²) in [5, 5.41) is 3.70. The van der Waals surface area contributed by atoms with Gasteiger partial charge in [0.25, 0.3) is 5.56 Å². The molecule has 2 fully saturated rings. The topological polar surface area (TPSA) is 96.8 Å². The number of amides is 3. The fourth-order valence-electron chi connectivity index (χ4n) is 3.65. The smallest absolute Gasteiger partial charge is 0.324 e. The van der Waals surface area contributed by atoms with E-state index in [4.69, 9.17) is 4.74 Å². The Labute approximate surface area is 178 Å². The molecule has 0 spiro atoms. The zero-order valence-electron chi connectivity index (χ0n) is 16.7. The number of rotatable bonds is 7. The molecule has 0 atom stereocenters. The maximum Gasteiger partial charge on any atom is 0.324 e. The number of hydrogen-bond acceptors (Lipinski definition) is 7. The molecule has 10 heteroatoms. The van der Waals surface area contributed by atoms with Crippen molar-refractivity contribution in [1.29, 1.82) is 0 Å². The Kier molecular flexibility index (Phi) is 6.66. The number of benzene rings is 1. The van der Waals surface area contributed by atoms with Crippen LogP contribution in [0.2, 0.25) is 0 Å². The molecule has 9 nitrogen and oxygen atoms in total. The highest BCUT2D eigenvalue weighted by Gasteiger charge is 2.26. The number of carbonyl (C=O) groups is 2. The van der Waals surface area contributed by atoms with Crippen molar-refractivity contribution in [2.75, 3.05) is 51.7 Å². The number of thioether (sulfide) groups is 1. The molecule has 2 aliphatic rings. The number of carbonyl (C=O) groups excluding carboxylic acids is 2. The van der Waals surface area contributed by atoms with E-state index in [2.05, 4.69) is 15.2 Å². The van der Waals surface area contributed by atoms with E-state index in [1.165, 1.54) is 16.7 Å². The molecule has 4 rings (SSSR count). The van der Waals surface area contributed by atoms with E-state index in [1.807, 2.05) is 12.1 Å². The van der Waals surface area contributed by atoms with Gasteiger partial charge in [-0.15, -0.1) is 0 Å². The summed E-state index contributed by atoms with van der Waals surface area (Å²) >= 11 is 1.21. The zero-order chi connectivity index (χ0) is 20.9. The molecule has 0 saturated carbocycles. The number of hydrogen-bond donors (Lipinski definition) is 1. The van der Waals surface area contributed by atoms with Crippen molar-refractivity contribution in [1.82, 2.24) is 24.7 Å². The van der Waals surface area contributed by atoms with Gasteiger partial charge in [0.1, 0.15) is 0 Å². The lowest BCUT2D eigenvalue weighted by molar-refractivity contribution is -0.124. The van der Waals surface area contributed by atoms with Gasteiger partial charge in [0.15, 0.2) is 5.16 Å². The minimum Gasteiger partial charge on any atom is -0.379 e. The van der Waals surface area contributed by atoms with Crippen LogP contribution in [-0.4, -0.2) is 83.0 Å². The van der Waals surface area contributed by atoms with E-state index < -0.39 is 0 Å². The summed E-state index contributed by atoms with van der Waals surface area (Å²) in [5.74, 6) is -0.223. The maximum absolute atomic E-state index is 13.1. The first-order valence-electron chi connectivity index (χ1n) is 10.1. The Balaban J connectivity index is 1.50. The molecule has 3 amide bonds. The number of imide groups is 1. The first kappa shape index (κ1) is 20.8. The maximum atomic E-state index is 13.1. The predicted octanol–water partition coefficient (Wildman–Crippen LogP) is 0.763. The molecule has 0 aliphatic carbocycles. The third-order valence-electron chi connectivity index (χ3n) is 5.27. The van der Waals surface area contributed by atoms with Crippen molar-refractivity contribution in [3.05, 3.63) is 34.6 Å². The first-order chi connectivity index (χ1) is 14.6. The summed E-state index contributed by atoms with van der Waals surface area (Å²) in [6.07, 6.45) is 0.802. The number of fused-ring (bicyclic) bond motifs is 1. The number of ether oxygens (including phenoxy) is 1. The molecule has 2 saturated heterocycles. The van der Waals surface area contributed by atoms with Gasteiger partial charge in [-0.1, -0.05) is 23.9 Å². The number of para-hydroxylation sites is 1. The minimum atomic E-state index is -0.366. The molecule has 1 N–H and O–H groups in total. The lowest BCUT2D eigenvalue weighted by Crippen LogP contribution is -2.37. The quantitative estimate of drug-likeness (QED) is 0.511. The standard InChI is InChI=1S/C20H25N5O4S/c26-17(24-9-6-21-19(24)28)14-30-20-22-16-5-2-1-4-15(16)18(27)25(20)8-3-7-23-10-12-29-13-11-23/h1-2,4-5H,3,6-14H2,(H,21,28). The van der Waals surface area contributed by atoms with Crippen LogP contribution in [0.1, 0.15) is 6.42 Å². The van der Waals surface area contributed by atoms with Crippen LogP contribution in [0.25, 0.3) is 10.9 Å². The molecule has 30 heavy (non-hydrogen) atoms. The third kappa shape index (κ3) is 4.66. The van der Waals surface area contributed by atoms with E-state index in [9.17, 15) is 14.4 Å². The molecule has 0 radical (unpaired) electrons. The van der Waals surface area contributed by atoms with Crippen LogP contribution in [0.15, 0.2) is 34.2 Å². The number of urea groups is 1. The molecule has 1 aromatic heterocycles. The van der Waals surface area contributed by atoms with Crippen molar-refractivity contribution in [2.45, 2.75) is 18.1 Å². The number of nitrogens with zero attached hydrogens (tertiary/aromatic N) is 4. The SMILES string of the molecule is O=C(CSc1nc2ccccc2c(=O)n1CCCN1CCOCC1)N1CCNC1=O. The van der Waals surface area contributed by atoms with Crippen LogP contribution < -0.4 is 10.9 Å². The molecular weight excluding hydrogens is 406 g/mol. The third-order valence-corrected chi connectivity index (χ3v) is 6.23. The van der Waals surface area contributed by atoms with Crippen molar-refractivity contribution < 1.29 is 14.3 Å². The van der Waals surface area contributed by atoms with Crippen LogP contribution >= 0.6 is 11.8 Å². The lowest BCUT2D eigenvalue weighted by Gasteiger charge is -2.26. The average Bonchev–Trinajstić information content (AvgIpc) is 3.20. The predicted molar refractivity (Wildman–Crippen MR) is 114 cm³/mol. The van der Waals surface area contributed by atoms with Crippen LogP contribution in [0.3, 0.4) is 0 Å². The number of aromatic nitrogens is 2. The summed E-state index contributed by atoms with van der Waals surface area (Å²) in [7, 11) is 0. The lowest BCUT2D eigenvalue weighted by atomic mass is 10.2. The highest BCUT2D eigenvalue weighted by molar-refractivity contribution is 7.99. The average molecular weight is 432 g/mol. The van der Waals surface area contributed by atoms with Gasteiger partial charge in [-0.2, -0.15) is 0 Å². The summed E-state index contributed by atoms with van der Waals surface area (Å²) in [5.41, 5.74) is 0.511. The first-order valence-corrected chi connectivity index (χ1v) is 11.1. The highest BCUT2D eigenvalue weighted by Crippen LogP contribution is 2.19. The second kappa shape index (κ2) is 9.59. The van der Waals surface area contributed by atoms with Crippen molar-refractivity contribution >= 4 is 34.6 Å². The summed E-state index contributed by atoms with van der Waals surface area (Å²) < 4.78 is 7.04. The molecule has 3 heterocycles. The summed E-state index contributed by atoms with van der Waals surface area (Å²) in [6.45, 7) is 5.52. The second-order valence-corrected chi connectivity index (χ2v) is 8.18. The highest BCUT2D eigenvalue weighted by atomic mass is 32.2. The van der Waals surface area contributed by atoms with Gasteiger partial charge in [0.05, 0.1) is 29.9 Å². The van der Waals surface area contributed by atoms with E-state index in [0.29, 0.717) is 35.7 Å². The molecule has 160 valence electrons. The van der Waals surface area contributed by atoms with E-state index in [-0.39, 0.29) is 23.3 Å². The van der Waals surface area contributed by atoms with E-state index >= 15 is 0 Å².